The Morgan fingerprint density at radius 3 is 2.38 bits per heavy atom. The average Bonchev–Trinajstić information content (AvgIpc) is 2.48. The summed E-state index contributed by atoms with van der Waals surface area (Å²) in [5.41, 5.74) is 5.99. The van der Waals surface area contributed by atoms with Crippen molar-refractivity contribution in [3.8, 4) is 0 Å². The molecule has 1 aliphatic rings. The third-order valence-electron chi connectivity index (χ3n) is 3.74. The molecule has 0 bridgehead atoms. The van der Waals surface area contributed by atoms with Gasteiger partial charge < -0.3 is 16.4 Å². The molecule has 1 fully saturated rings. The fourth-order valence-corrected chi connectivity index (χ4v) is 2.75. The van der Waals surface area contributed by atoms with Crippen LogP contribution in [0.5, 0.6) is 0 Å². The van der Waals surface area contributed by atoms with E-state index in [9.17, 15) is 9.59 Å². The highest BCUT2D eigenvalue weighted by Gasteiger charge is 2.35. The molecule has 5 nitrogen and oxygen atoms in total. The highest BCUT2D eigenvalue weighted by Crippen LogP contribution is 2.25. The Kier molecular flexibility index (Phi) is 5.36. The third-order valence-corrected chi connectivity index (χ3v) is 4.26. The Morgan fingerprint density at radius 1 is 1.14 bits per heavy atom. The van der Waals surface area contributed by atoms with Crippen LogP contribution in [0.2, 0.25) is 0 Å². The van der Waals surface area contributed by atoms with Crippen LogP contribution < -0.4 is 16.4 Å². The van der Waals surface area contributed by atoms with Gasteiger partial charge in [-0.3, -0.25) is 9.59 Å². The molecule has 0 heterocycles. The summed E-state index contributed by atoms with van der Waals surface area (Å²) in [5, 5.41) is 5.36. The van der Waals surface area contributed by atoms with Gasteiger partial charge in [-0.15, -0.1) is 0 Å². The number of anilines is 1. The number of nitrogens with two attached hydrogens (primary N) is 1. The first-order valence-corrected chi connectivity index (χ1v) is 7.91. The number of nitrogens with one attached hydrogen (secondary N) is 2. The average molecular weight is 354 g/mol. The molecular weight excluding hydrogens is 334 g/mol. The second-order valence-corrected chi connectivity index (χ2v) is 6.37. The lowest BCUT2D eigenvalue weighted by Gasteiger charge is -2.31. The molecule has 6 heteroatoms. The van der Waals surface area contributed by atoms with Crippen molar-refractivity contribution in [1.29, 1.82) is 0 Å². The van der Waals surface area contributed by atoms with Crippen LogP contribution in [0.3, 0.4) is 0 Å². The predicted molar refractivity (Wildman–Crippen MR) is 85.8 cm³/mol. The molecule has 2 rings (SSSR count). The Balaban J connectivity index is 1.80. The molecule has 1 saturated carbocycles. The SMILES string of the molecule is NC1(C(=O)NCC(=O)Nc2ccc(Br)cc2)CCCCC1. The maximum absolute atomic E-state index is 12.1. The molecule has 0 spiro atoms. The van der Waals surface area contributed by atoms with Gasteiger partial charge in [0.15, 0.2) is 0 Å². The van der Waals surface area contributed by atoms with E-state index in [0.29, 0.717) is 18.5 Å². The largest absolute Gasteiger partial charge is 0.345 e. The molecule has 114 valence electrons. The van der Waals surface area contributed by atoms with Crippen molar-refractivity contribution in [2.24, 2.45) is 5.73 Å². The number of hydrogen-bond donors (Lipinski definition) is 3. The monoisotopic (exact) mass is 353 g/mol. The molecule has 0 aliphatic heterocycles. The van der Waals surface area contributed by atoms with Gasteiger partial charge >= 0.3 is 0 Å². The minimum Gasteiger partial charge on any atom is -0.345 e. The number of carbonyl (C=O) groups excluding carboxylic acids is 2. The second kappa shape index (κ2) is 7.04. The van der Waals surface area contributed by atoms with Crippen molar-refractivity contribution in [1.82, 2.24) is 5.32 Å². The van der Waals surface area contributed by atoms with Crippen molar-refractivity contribution >= 4 is 33.4 Å². The topological polar surface area (TPSA) is 84.2 Å². The summed E-state index contributed by atoms with van der Waals surface area (Å²) in [6.45, 7) is -0.0617. The number of hydrogen-bond acceptors (Lipinski definition) is 3. The number of carbonyl (C=O) groups is 2. The minimum atomic E-state index is -0.809. The van der Waals surface area contributed by atoms with Crippen molar-refractivity contribution < 1.29 is 9.59 Å². The highest BCUT2D eigenvalue weighted by molar-refractivity contribution is 9.10. The lowest BCUT2D eigenvalue weighted by molar-refractivity contribution is -0.129. The number of benzene rings is 1. The molecule has 0 atom stereocenters. The second-order valence-electron chi connectivity index (χ2n) is 5.45. The molecule has 0 radical (unpaired) electrons. The van der Waals surface area contributed by atoms with E-state index < -0.39 is 5.54 Å². The molecule has 1 aromatic rings. The van der Waals surface area contributed by atoms with Gasteiger partial charge in [-0.2, -0.15) is 0 Å². The lowest BCUT2D eigenvalue weighted by atomic mass is 9.82. The zero-order valence-corrected chi connectivity index (χ0v) is 13.4. The van der Waals surface area contributed by atoms with Gasteiger partial charge in [-0.25, -0.2) is 0 Å². The van der Waals surface area contributed by atoms with Gasteiger partial charge in [0, 0.05) is 10.2 Å². The normalized spacial score (nSPS) is 17.0. The summed E-state index contributed by atoms with van der Waals surface area (Å²) in [7, 11) is 0. The molecular formula is C15H20BrN3O2. The minimum absolute atomic E-state index is 0.0617. The molecule has 0 aromatic heterocycles. The fourth-order valence-electron chi connectivity index (χ4n) is 2.48. The van der Waals surface area contributed by atoms with Gasteiger partial charge in [0.05, 0.1) is 12.1 Å². The van der Waals surface area contributed by atoms with Crippen LogP contribution in [-0.4, -0.2) is 23.9 Å². The highest BCUT2D eigenvalue weighted by atomic mass is 79.9. The molecule has 21 heavy (non-hydrogen) atoms. The Bertz CT molecular complexity index is 510. The fraction of sp³-hybridized carbons (Fsp3) is 0.467. The zero-order chi connectivity index (χ0) is 15.3. The van der Waals surface area contributed by atoms with E-state index in [2.05, 4.69) is 26.6 Å². The van der Waals surface area contributed by atoms with Crippen molar-refractivity contribution in [3.63, 3.8) is 0 Å². The van der Waals surface area contributed by atoms with Crippen LogP contribution in [0.25, 0.3) is 0 Å². The summed E-state index contributed by atoms with van der Waals surface area (Å²) in [4.78, 5) is 23.9. The van der Waals surface area contributed by atoms with E-state index in [1.54, 1.807) is 12.1 Å². The zero-order valence-electron chi connectivity index (χ0n) is 11.8. The molecule has 1 aliphatic carbocycles. The smallest absolute Gasteiger partial charge is 0.243 e. The number of halogens is 1. The Hall–Kier alpha value is -1.40. The molecule has 4 N–H and O–H groups in total. The van der Waals surface area contributed by atoms with Crippen LogP contribution in [-0.2, 0) is 9.59 Å². The third kappa shape index (κ3) is 4.54. The summed E-state index contributed by atoms with van der Waals surface area (Å²) in [6.07, 6.45) is 4.43. The van der Waals surface area contributed by atoms with Gasteiger partial charge in [0.25, 0.3) is 0 Å². The molecule has 0 saturated heterocycles. The van der Waals surface area contributed by atoms with Crippen molar-refractivity contribution in [2.75, 3.05) is 11.9 Å². The van der Waals surface area contributed by atoms with E-state index in [1.165, 1.54) is 0 Å². The van der Waals surface area contributed by atoms with E-state index >= 15 is 0 Å². The lowest BCUT2D eigenvalue weighted by Crippen LogP contribution is -2.56. The summed E-state index contributed by atoms with van der Waals surface area (Å²) in [5.74, 6) is -0.488. The Labute approximate surface area is 132 Å². The summed E-state index contributed by atoms with van der Waals surface area (Å²) < 4.78 is 0.941. The summed E-state index contributed by atoms with van der Waals surface area (Å²) >= 11 is 3.33. The van der Waals surface area contributed by atoms with Crippen LogP contribution in [0.4, 0.5) is 5.69 Å². The molecule has 2 amide bonds. The maximum Gasteiger partial charge on any atom is 0.243 e. The molecule has 1 aromatic carbocycles. The van der Waals surface area contributed by atoms with Crippen LogP contribution in [0, 0.1) is 0 Å². The van der Waals surface area contributed by atoms with E-state index in [1.807, 2.05) is 12.1 Å². The number of amides is 2. The maximum atomic E-state index is 12.1. The van der Waals surface area contributed by atoms with Gasteiger partial charge in [-0.05, 0) is 37.1 Å². The van der Waals surface area contributed by atoms with Crippen molar-refractivity contribution in [3.05, 3.63) is 28.7 Å². The van der Waals surface area contributed by atoms with Crippen LogP contribution in [0.15, 0.2) is 28.7 Å². The predicted octanol–water partition coefficient (Wildman–Crippen LogP) is 2.17. The molecule has 0 unspecified atom stereocenters. The Morgan fingerprint density at radius 2 is 1.76 bits per heavy atom. The first-order valence-electron chi connectivity index (χ1n) is 7.12. The first kappa shape index (κ1) is 16.0. The standard InChI is InChI=1S/C15H20BrN3O2/c16-11-4-6-12(7-5-11)19-13(20)10-18-14(21)15(17)8-2-1-3-9-15/h4-7H,1-3,8-10,17H2,(H,18,21)(H,19,20). The van der Waals surface area contributed by atoms with E-state index in [0.717, 1.165) is 23.7 Å². The number of rotatable bonds is 4. The van der Waals surface area contributed by atoms with Crippen molar-refractivity contribution in [2.45, 2.75) is 37.6 Å². The van der Waals surface area contributed by atoms with Crippen LogP contribution in [0.1, 0.15) is 32.1 Å². The van der Waals surface area contributed by atoms with E-state index in [4.69, 9.17) is 5.73 Å². The first-order chi connectivity index (χ1) is 9.99. The van der Waals surface area contributed by atoms with Gasteiger partial charge in [0.1, 0.15) is 0 Å². The summed E-state index contributed by atoms with van der Waals surface area (Å²) in [6, 6.07) is 7.25. The van der Waals surface area contributed by atoms with E-state index in [-0.39, 0.29) is 18.4 Å². The quantitative estimate of drug-likeness (QED) is 0.775. The van der Waals surface area contributed by atoms with Gasteiger partial charge in [0.2, 0.25) is 11.8 Å². The van der Waals surface area contributed by atoms with Crippen LogP contribution >= 0.6 is 15.9 Å². The van der Waals surface area contributed by atoms with Gasteiger partial charge in [-0.1, -0.05) is 35.2 Å².